The number of nitrogens with zero attached hydrogens (tertiary/aromatic N) is 2. The van der Waals surface area contributed by atoms with E-state index in [2.05, 4.69) is 11.4 Å². The Morgan fingerprint density at radius 1 is 1.39 bits per heavy atom. The van der Waals surface area contributed by atoms with E-state index in [4.69, 9.17) is 22.2 Å². The maximum Gasteiger partial charge on any atom is 0.169 e. The van der Waals surface area contributed by atoms with Gasteiger partial charge in [-0.25, -0.2) is 0 Å². The lowest BCUT2D eigenvalue weighted by atomic mass is 9.96. The third-order valence-corrected chi connectivity index (χ3v) is 3.65. The Morgan fingerprint density at radius 3 is 2.72 bits per heavy atom. The summed E-state index contributed by atoms with van der Waals surface area (Å²) in [5.41, 5.74) is 0. The van der Waals surface area contributed by atoms with Gasteiger partial charge in [0.15, 0.2) is 5.11 Å². The summed E-state index contributed by atoms with van der Waals surface area (Å²) < 4.78 is 5.08. The Labute approximate surface area is 115 Å². The highest BCUT2D eigenvalue weighted by Crippen LogP contribution is 2.17. The van der Waals surface area contributed by atoms with Gasteiger partial charge < -0.3 is 15.0 Å². The number of ether oxygens (including phenoxy) is 1. The third kappa shape index (κ3) is 5.65. The smallest absolute Gasteiger partial charge is 0.169 e. The Hall–Kier alpha value is -0.860. The SMILES string of the molecule is COCCN(CCC#N)C(=S)NC1CCCCC1. The van der Waals surface area contributed by atoms with Crippen LogP contribution in [0.3, 0.4) is 0 Å². The fourth-order valence-corrected chi connectivity index (χ4v) is 2.56. The quantitative estimate of drug-likeness (QED) is 0.748. The van der Waals surface area contributed by atoms with E-state index in [0.29, 0.717) is 25.6 Å². The van der Waals surface area contributed by atoms with Crippen molar-refractivity contribution in [2.75, 3.05) is 26.8 Å². The predicted molar refractivity (Wildman–Crippen MR) is 76.3 cm³/mol. The van der Waals surface area contributed by atoms with E-state index in [-0.39, 0.29) is 0 Å². The molecule has 1 aliphatic rings. The Kier molecular flexibility index (Phi) is 7.70. The second-order valence-electron chi connectivity index (χ2n) is 4.67. The molecule has 0 saturated heterocycles. The van der Waals surface area contributed by atoms with Gasteiger partial charge in [-0.15, -0.1) is 0 Å². The van der Waals surface area contributed by atoms with Crippen molar-refractivity contribution in [3.63, 3.8) is 0 Å². The van der Waals surface area contributed by atoms with Crippen molar-refractivity contribution in [1.82, 2.24) is 10.2 Å². The van der Waals surface area contributed by atoms with Crippen molar-refractivity contribution in [3.8, 4) is 6.07 Å². The Morgan fingerprint density at radius 2 is 2.11 bits per heavy atom. The summed E-state index contributed by atoms with van der Waals surface area (Å²) in [5, 5.41) is 12.9. The van der Waals surface area contributed by atoms with Gasteiger partial charge in [-0.05, 0) is 25.1 Å². The van der Waals surface area contributed by atoms with Gasteiger partial charge in [-0.2, -0.15) is 5.26 Å². The van der Waals surface area contributed by atoms with Gasteiger partial charge in [0, 0.05) is 26.2 Å². The lowest BCUT2D eigenvalue weighted by Crippen LogP contribution is -2.46. The van der Waals surface area contributed by atoms with Crippen LogP contribution in [-0.4, -0.2) is 42.9 Å². The molecule has 1 N–H and O–H groups in total. The first-order valence-corrected chi connectivity index (χ1v) is 7.10. The average molecular weight is 269 g/mol. The van der Waals surface area contributed by atoms with Gasteiger partial charge in [-0.3, -0.25) is 0 Å². The van der Waals surface area contributed by atoms with Gasteiger partial charge in [-0.1, -0.05) is 19.3 Å². The van der Waals surface area contributed by atoms with Gasteiger partial charge in [0.25, 0.3) is 0 Å². The molecular weight excluding hydrogens is 246 g/mol. The van der Waals surface area contributed by atoms with Gasteiger partial charge in [0.2, 0.25) is 0 Å². The summed E-state index contributed by atoms with van der Waals surface area (Å²) in [7, 11) is 1.68. The number of hydrogen-bond acceptors (Lipinski definition) is 3. The van der Waals surface area contributed by atoms with Crippen LogP contribution in [0.4, 0.5) is 0 Å². The molecule has 0 radical (unpaired) electrons. The largest absolute Gasteiger partial charge is 0.383 e. The van der Waals surface area contributed by atoms with Crippen LogP contribution in [0.5, 0.6) is 0 Å². The van der Waals surface area contributed by atoms with Crippen LogP contribution < -0.4 is 5.32 Å². The number of rotatable bonds is 6. The molecule has 0 aromatic carbocycles. The average Bonchev–Trinajstić information content (AvgIpc) is 2.40. The van der Waals surface area contributed by atoms with E-state index in [0.717, 1.165) is 11.7 Å². The molecular formula is C13H23N3OS. The molecule has 0 spiro atoms. The van der Waals surface area contributed by atoms with Crippen LogP contribution in [-0.2, 0) is 4.74 Å². The number of nitriles is 1. The van der Waals surface area contributed by atoms with Crippen LogP contribution in [0.1, 0.15) is 38.5 Å². The minimum Gasteiger partial charge on any atom is -0.383 e. The molecule has 4 nitrogen and oxygen atoms in total. The molecule has 5 heteroatoms. The molecule has 0 atom stereocenters. The molecule has 0 bridgehead atoms. The van der Waals surface area contributed by atoms with Crippen molar-refractivity contribution < 1.29 is 4.74 Å². The molecule has 0 heterocycles. The second-order valence-corrected chi connectivity index (χ2v) is 5.06. The van der Waals surface area contributed by atoms with Crippen molar-refractivity contribution in [1.29, 1.82) is 5.26 Å². The van der Waals surface area contributed by atoms with E-state index in [1.807, 2.05) is 4.90 Å². The number of thiocarbonyl (C=S) groups is 1. The zero-order valence-electron chi connectivity index (χ0n) is 11.2. The Bertz CT molecular complexity index is 284. The molecule has 0 aliphatic heterocycles. The first-order valence-electron chi connectivity index (χ1n) is 6.69. The number of methoxy groups -OCH3 is 1. The summed E-state index contributed by atoms with van der Waals surface area (Å²) in [5.74, 6) is 0. The molecule has 0 aromatic rings. The van der Waals surface area contributed by atoms with E-state index < -0.39 is 0 Å². The summed E-state index contributed by atoms with van der Waals surface area (Å²) in [6, 6.07) is 2.68. The first-order chi connectivity index (χ1) is 8.77. The molecule has 0 aromatic heterocycles. The minimum absolute atomic E-state index is 0.496. The summed E-state index contributed by atoms with van der Waals surface area (Å²) in [6.07, 6.45) is 6.82. The summed E-state index contributed by atoms with van der Waals surface area (Å²) in [4.78, 5) is 2.04. The fraction of sp³-hybridized carbons (Fsp3) is 0.846. The Balaban J connectivity index is 2.38. The van der Waals surface area contributed by atoms with Crippen molar-refractivity contribution in [2.24, 2.45) is 0 Å². The first kappa shape index (κ1) is 15.2. The predicted octanol–water partition coefficient (Wildman–Crippen LogP) is 2.06. The monoisotopic (exact) mass is 269 g/mol. The lowest BCUT2D eigenvalue weighted by Gasteiger charge is -2.30. The standard InChI is InChI=1S/C13H23N3OS/c1-17-11-10-16(9-5-8-14)13(18)15-12-6-3-2-4-7-12/h12H,2-7,9-11H2,1H3,(H,15,18). The van der Waals surface area contributed by atoms with Crippen LogP contribution in [0.25, 0.3) is 0 Å². The van der Waals surface area contributed by atoms with Gasteiger partial charge >= 0.3 is 0 Å². The van der Waals surface area contributed by atoms with E-state index in [1.54, 1.807) is 7.11 Å². The molecule has 0 unspecified atom stereocenters. The summed E-state index contributed by atoms with van der Waals surface area (Å²) in [6.45, 7) is 2.06. The van der Waals surface area contributed by atoms with Gasteiger partial charge in [0.1, 0.15) is 0 Å². The van der Waals surface area contributed by atoms with Crippen molar-refractivity contribution in [3.05, 3.63) is 0 Å². The van der Waals surface area contributed by atoms with Gasteiger partial charge in [0.05, 0.1) is 19.1 Å². The highest BCUT2D eigenvalue weighted by Gasteiger charge is 2.16. The van der Waals surface area contributed by atoms with E-state index in [9.17, 15) is 0 Å². The lowest BCUT2D eigenvalue weighted by molar-refractivity contribution is 0.175. The zero-order chi connectivity index (χ0) is 13.2. The fourth-order valence-electron chi connectivity index (χ4n) is 2.21. The number of nitrogens with one attached hydrogen (secondary N) is 1. The normalized spacial score (nSPS) is 16.0. The molecule has 1 saturated carbocycles. The van der Waals surface area contributed by atoms with Crippen LogP contribution in [0.2, 0.25) is 0 Å². The molecule has 102 valence electrons. The highest BCUT2D eigenvalue weighted by atomic mass is 32.1. The molecule has 1 rings (SSSR count). The second kappa shape index (κ2) is 9.12. The minimum atomic E-state index is 0.496. The highest BCUT2D eigenvalue weighted by molar-refractivity contribution is 7.80. The molecule has 18 heavy (non-hydrogen) atoms. The van der Waals surface area contributed by atoms with E-state index in [1.165, 1.54) is 32.1 Å². The maximum atomic E-state index is 8.67. The maximum absolute atomic E-state index is 8.67. The van der Waals surface area contributed by atoms with Crippen LogP contribution in [0, 0.1) is 11.3 Å². The van der Waals surface area contributed by atoms with Crippen molar-refractivity contribution in [2.45, 2.75) is 44.6 Å². The van der Waals surface area contributed by atoms with Crippen molar-refractivity contribution >= 4 is 17.3 Å². The molecule has 1 aliphatic carbocycles. The van der Waals surface area contributed by atoms with E-state index >= 15 is 0 Å². The zero-order valence-corrected chi connectivity index (χ0v) is 12.0. The molecule has 1 fully saturated rings. The van der Waals surface area contributed by atoms with Crippen LogP contribution in [0.15, 0.2) is 0 Å². The molecule has 0 amide bonds. The summed E-state index contributed by atoms with van der Waals surface area (Å²) >= 11 is 5.43. The topological polar surface area (TPSA) is 48.3 Å². The third-order valence-electron chi connectivity index (χ3n) is 3.28. The number of hydrogen-bond donors (Lipinski definition) is 1. The van der Waals surface area contributed by atoms with Crippen LogP contribution >= 0.6 is 12.2 Å².